The smallest absolute Gasteiger partial charge is 0.128 e. The van der Waals surface area contributed by atoms with Crippen molar-refractivity contribution in [3.63, 3.8) is 0 Å². The van der Waals surface area contributed by atoms with E-state index in [1.807, 2.05) is 4.68 Å². The summed E-state index contributed by atoms with van der Waals surface area (Å²) in [6, 6.07) is 2.05. The zero-order valence-electron chi connectivity index (χ0n) is 9.21. The highest BCUT2D eigenvalue weighted by Gasteiger charge is 2.05. The second-order valence-electron chi connectivity index (χ2n) is 4.19. The van der Waals surface area contributed by atoms with Crippen LogP contribution in [0.1, 0.15) is 33.4 Å². The monoisotopic (exact) mass is 256 g/mol. The van der Waals surface area contributed by atoms with E-state index in [0.29, 0.717) is 5.92 Å². The molecule has 0 N–H and O–H groups in total. The fourth-order valence-corrected chi connectivity index (χ4v) is 1.73. The minimum absolute atomic E-state index is 0.617. The average Bonchev–Trinajstić information content (AvgIpc) is 2.28. The summed E-state index contributed by atoms with van der Waals surface area (Å²) in [5, 5.41) is 4.39. The Bertz CT molecular complexity index is 333. The van der Waals surface area contributed by atoms with Gasteiger partial charge in [0.15, 0.2) is 0 Å². The Balaban J connectivity index is 2.97. The molecule has 0 aliphatic carbocycles. The lowest BCUT2D eigenvalue weighted by Gasteiger charge is -2.07. The molecule has 78 valence electrons. The molecule has 0 bridgehead atoms. The molecular weight excluding hydrogens is 240 g/mol. The van der Waals surface area contributed by atoms with Gasteiger partial charge in [0.1, 0.15) is 4.60 Å². The van der Waals surface area contributed by atoms with Gasteiger partial charge in [-0.2, -0.15) is 5.10 Å². The molecular formula is C11H17BrN2. The van der Waals surface area contributed by atoms with Crippen molar-refractivity contribution < 1.29 is 0 Å². The van der Waals surface area contributed by atoms with Crippen LogP contribution in [0.25, 0.3) is 6.08 Å². The molecule has 0 saturated heterocycles. The number of allylic oxidation sites excluding steroid dienone is 1. The fraction of sp³-hybridized carbons (Fsp3) is 0.545. The van der Waals surface area contributed by atoms with Gasteiger partial charge in [0, 0.05) is 6.54 Å². The number of rotatable bonds is 3. The van der Waals surface area contributed by atoms with Gasteiger partial charge >= 0.3 is 0 Å². The maximum Gasteiger partial charge on any atom is 0.128 e. The summed E-state index contributed by atoms with van der Waals surface area (Å²) in [6.45, 7) is 9.55. The minimum atomic E-state index is 0.617. The Labute approximate surface area is 94.1 Å². The van der Waals surface area contributed by atoms with E-state index in [1.54, 1.807) is 0 Å². The molecule has 1 heterocycles. The highest BCUT2D eigenvalue weighted by molar-refractivity contribution is 9.10. The maximum absolute atomic E-state index is 4.39. The van der Waals surface area contributed by atoms with Crippen molar-refractivity contribution in [2.75, 3.05) is 0 Å². The normalized spacial score (nSPS) is 10.7. The fourth-order valence-electron chi connectivity index (χ4n) is 1.30. The third-order valence-corrected chi connectivity index (χ3v) is 2.14. The Kier molecular flexibility index (Phi) is 3.93. The maximum atomic E-state index is 4.39. The summed E-state index contributed by atoms with van der Waals surface area (Å²) in [7, 11) is 0. The molecule has 0 saturated carbocycles. The molecule has 0 aromatic carbocycles. The molecule has 3 heteroatoms. The summed E-state index contributed by atoms with van der Waals surface area (Å²) < 4.78 is 2.95. The van der Waals surface area contributed by atoms with Crippen LogP contribution >= 0.6 is 15.9 Å². The number of halogens is 1. The van der Waals surface area contributed by atoms with E-state index in [1.165, 1.54) is 11.3 Å². The van der Waals surface area contributed by atoms with E-state index in [0.717, 1.165) is 11.1 Å². The summed E-state index contributed by atoms with van der Waals surface area (Å²) in [5.41, 5.74) is 2.47. The van der Waals surface area contributed by atoms with E-state index in [4.69, 9.17) is 0 Å². The summed E-state index contributed by atoms with van der Waals surface area (Å²) >= 11 is 3.40. The van der Waals surface area contributed by atoms with Crippen molar-refractivity contribution in [1.82, 2.24) is 9.78 Å². The molecule has 0 unspecified atom stereocenters. The zero-order valence-corrected chi connectivity index (χ0v) is 10.8. The molecule has 0 aliphatic heterocycles. The third kappa shape index (κ3) is 3.29. The first kappa shape index (κ1) is 11.5. The zero-order chi connectivity index (χ0) is 10.7. The first-order chi connectivity index (χ1) is 6.49. The van der Waals surface area contributed by atoms with Crippen molar-refractivity contribution in [2.24, 2.45) is 5.92 Å². The summed E-state index contributed by atoms with van der Waals surface area (Å²) in [5.74, 6) is 0.617. The van der Waals surface area contributed by atoms with Gasteiger partial charge in [-0.1, -0.05) is 19.4 Å². The van der Waals surface area contributed by atoms with E-state index >= 15 is 0 Å². The van der Waals surface area contributed by atoms with Gasteiger partial charge < -0.3 is 0 Å². The van der Waals surface area contributed by atoms with Crippen molar-refractivity contribution in [3.05, 3.63) is 21.9 Å². The molecule has 0 fully saturated rings. The van der Waals surface area contributed by atoms with Crippen molar-refractivity contribution in [1.29, 1.82) is 0 Å². The topological polar surface area (TPSA) is 17.8 Å². The quantitative estimate of drug-likeness (QED) is 0.806. The molecule has 1 aromatic rings. The molecule has 0 atom stereocenters. The van der Waals surface area contributed by atoms with E-state index < -0.39 is 0 Å². The largest absolute Gasteiger partial charge is 0.264 e. The minimum Gasteiger partial charge on any atom is -0.264 e. The molecule has 0 spiro atoms. The van der Waals surface area contributed by atoms with Gasteiger partial charge in [-0.25, -0.2) is 0 Å². The highest BCUT2D eigenvalue weighted by Crippen LogP contribution is 2.15. The molecule has 0 amide bonds. The van der Waals surface area contributed by atoms with Crippen LogP contribution in [0.2, 0.25) is 0 Å². The first-order valence-electron chi connectivity index (χ1n) is 4.87. The van der Waals surface area contributed by atoms with Gasteiger partial charge in [-0.3, -0.25) is 4.68 Å². The third-order valence-electron chi connectivity index (χ3n) is 1.76. The van der Waals surface area contributed by atoms with Gasteiger partial charge in [0.2, 0.25) is 0 Å². The van der Waals surface area contributed by atoms with Crippen LogP contribution in [0, 0.1) is 5.92 Å². The standard InChI is InChI=1S/C11H17BrN2/c1-8(2)5-10-6-11(12)13-14(10)7-9(3)4/h5-6,9H,7H2,1-4H3. The Morgan fingerprint density at radius 1 is 1.57 bits per heavy atom. The lowest BCUT2D eigenvalue weighted by Crippen LogP contribution is -2.07. The van der Waals surface area contributed by atoms with Gasteiger partial charge in [0.05, 0.1) is 5.69 Å². The molecule has 1 aromatic heterocycles. The van der Waals surface area contributed by atoms with Crippen LogP contribution in [0.5, 0.6) is 0 Å². The number of nitrogens with zero attached hydrogens (tertiary/aromatic N) is 2. The second kappa shape index (κ2) is 4.78. The Hall–Kier alpha value is -0.570. The highest BCUT2D eigenvalue weighted by atomic mass is 79.9. The van der Waals surface area contributed by atoms with Crippen LogP contribution in [0.15, 0.2) is 16.2 Å². The van der Waals surface area contributed by atoms with Crippen molar-refractivity contribution in [2.45, 2.75) is 34.2 Å². The second-order valence-corrected chi connectivity index (χ2v) is 5.00. The molecule has 14 heavy (non-hydrogen) atoms. The van der Waals surface area contributed by atoms with Crippen molar-refractivity contribution in [3.8, 4) is 0 Å². The number of aromatic nitrogens is 2. The lowest BCUT2D eigenvalue weighted by atomic mass is 10.2. The Morgan fingerprint density at radius 3 is 2.71 bits per heavy atom. The number of hydrogen-bond donors (Lipinski definition) is 0. The molecule has 1 rings (SSSR count). The predicted molar refractivity (Wildman–Crippen MR) is 64.1 cm³/mol. The van der Waals surface area contributed by atoms with E-state index in [-0.39, 0.29) is 0 Å². The predicted octanol–water partition coefficient (Wildman–Crippen LogP) is 3.72. The SMILES string of the molecule is CC(C)=Cc1cc(Br)nn1CC(C)C. The van der Waals surface area contributed by atoms with E-state index in [9.17, 15) is 0 Å². The van der Waals surface area contributed by atoms with Gasteiger partial charge in [-0.05, 0) is 47.8 Å². The van der Waals surface area contributed by atoms with Crippen molar-refractivity contribution >= 4 is 22.0 Å². The van der Waals surface area contributed by atoms with Crippen LogP contribution in [-0.4, -0.2) is 9.78 Å². The number of hydrogen-bond acceptors (Lipinski definition) is 1. The first-order valence-corrected chi connectivity index (χ1v) is 5.66. The van der Waals surface area contributed by atoms with Crippen LogP contribution in [0.3, 0.4) is 0 Å². The van der Waals surface area contributed by atoms with Crippen LogP contribution in [-0.2, 0) is 6.54 Å². The van der Waals surface area contributed by atoms with E-state index in [2.05, 4.69) is 60.9 Å². The van der Waals surface area contributed by atoms with Gasteiger partial charge in [0.25, 0.3) is 0 Å². The average molecular weight is 257 g/mol. The van der Waals surface area contributed by atoms with Gasteiger partial charge in [-0.15, -0.1) is 0 Å². The molecule has 2 nitrogen and oxygen atoms in total. The molecule has 0 radical (unpaired) electrons. The molecule has 0 aliphatic rings. The Morgan fingerprint density at radius 2 is 2.21 bits per heavy atom. The summed E-state index contributed by atoms with van der Waals surface area (Å²) in [6.07, 6.45) is 2.15. The van der Waals surface area contributed by atoms with Crippen LogP contribution < -0.4 is 0 Å². The van der Waals surface area contributed by atoms with Crippen LogP contribution in [0.4, 0.5) is 0 Å². The summed E-state index contributed by atoms with van der Waals surface area (Å²) in [4.78, 5) is 0. The lowest BCUT2D eigenvalue weighted by molar-refractivity contribution is 0.479.